The largest absolute Gasteiger partial charge is 0.465 e. The number of nitrogen functional groups attached to an aromatic ring is 1. The smallest absolute Gasteiger partial charge is 0.340 e. The van der Waals surface area contributed by atoms with E-state index in [1.165, 1.54) is 18.2 Å². The molecule has 0 spiro atoms. The van der Waals surface area contributed by atoms with Gasteiger partial charge in [0.15, 0.2) is 0 Å². The fourth-order valence-corrected chi connectivity index (χ4v) is 1.66. The molecule has 0 heterocycles. The van der Waals surface area contributed by atoms with Crippen LogP contribution in [-0.4, -0.2) is 13.1 Å². The van der Waals surface area contributed by atoms with Crippen LogP contribution in [-0.2, 0) is 4.74 Å². The van der Waals surface area contributed by atoms with Gasteiger partial charge in [0, 0.05) is 0 Å². The molecule has 0 fully saturated rings. The lowest BCUT2D eigenvalue weighted by Gasteiger charge is -2.03. The molecule has 2 aromatic carbocycles. The molecule has 4 heteroatoms. The van der Waals surface area contributed by atoms with E-state index in [1.807, 2.05) is 0 Å². The predicted octanol–water partition coefficient (Wildman–Crippen LogP) is 4.01. The molecule has 0 aromatic heterocycles. The first-order valence-electron chi connectivity index (χ1n) is 6.12. The monoisotopic (exact) mass is 291 g/mol. The van der Waals surface area contributed by atoms with Crippen LogP contribution in [0.25, 0.3) is 0 Å². The second-order valence-electron chi connectivity index (χ2n) is 4.28. The summed E-state index contributed by atoms with van der Waals surface area (Å²) < 4.78 is 4.49. The number of halogens is 1. The van der Waals surface area contributed by atoms with Crippen molar-refractivity contribution >= 4 is 23.3 Å². The third-order valence-electron chi connectivity index (χ3n) is 2.88. The van der Waals surface area contributed by atoms with E-state index in [9.17, 15) is 4.79 Å². The van der Waals surface area contributed by atoms with Gasteiger partial charge in [0.25, 0.3) is 0 Å². The number of nitrogens with two attached hydrogens (primary N) is 1. The van der Waals surface area contributed by atoms with Crippen molar-refractivity contribution in [1.29, 1.82) is 0 Å². The van der Waals surface area contributed by atoms with Gasteiger partial charge in [-0.15, -0.1) is 0 Å². The number of para-hydroxylation sites is 1. The Morgan fingerprint density at radius 3 is 2.05 bits per heavy atom. The second-order valence-corrected chi connectivity index (χ2v) is 4.68. The van der Waals surface area contributed by atoms with Gasteiger partial charge < -0.3 is 10.5 Å². The summed E-state index contributed by atoms with van der Waals surface area (Å²) in [5.74, 6) is -0.477. The quantitative estimate of drug-likeness (QED) is 0.638. The van der Waals surface area contributed by atoms with E-state index in [-0.39, 0.29) is 5.69 Å². The lowest BCUT2D eigenvalue weighted by atomic mass is 10.1. The van der Waals surface area contributed by atoms with Gasteiger partial charge in [0.05, 0.1) is 23.4 Å². The number of ether oxygens (including phenoxy) is 1. The Hall–Kier alpha value is -2.00. The van der Waals surface area contributed by atoms with E-state index in [4.69, 9.17) is 17.3 Å². The standard InChI is InChI=1S/C8H8ClNO2.C8H10/c1-12-8(11)5-3-2-4-6(9)7(5)10;1-7-5-3-4-6-8(7)2/h2-4H,10H2,1H3;3-6H,1-2H3. The zero-order valence-corrected chi connectivity index (χ0v) is 12.6. The molecular formula is C16H18ClNO2. The topological polar surface area (TPSA) is 52.3 Å². The second kappa shape index (κ2) is 7.56. The fraction of sp³-hybridized carbons (Fsp3) is 0.188. The fourth-order valence-electron chi connectivity index (χ4n) is 1.49. The summed E-state index contributed by atoms with van der Waals surface area (Å²) in [5.41, 5.74) is 8.81. The van der Waals surface area contributed by atoms with Crippen molar-refractivity contribution in [2.24, 2.45) is 0 Å². The first-order valence-corrected chi connectivity index (χ1v) is 6.49. The van der Waals surface area contributed by atoms with E-state index in [1.54, 1.807) is 18.2 Å². The number of methoxy groups -OCH3 is 1. The van der Waals surface area contributed by atoms with Crippen LogP contribution in [0, 0.1) is 13.8 Å². The molecule has 0 amide bonds. The van der Waals surface area contributed by atoms with Crippen molar-refractivity contribution < 1.29 is 9.53 Å². The molecule has 106 valence electrons. The maximum atomic E-state index is 11.0. The number of benzene rings is 2. The van der Waals surface area contributed by atoms with Gasteiger partial charge in [-0.05, 0) is 37.1 Å². The molecule has 20 heavy (non-hydrogen) atoms. The van der Waals surface area contributed by atoms with Crippen molar-refractivity contribution in [3.63, 3.8) is 0 Å². The average molecular weight is 292 g/mol. The molecular weight excluding hydrogens is 274 g/mol. The SMILES string of the molecule is COC(=O)c1cccc(Cl)c1N.Cc1ccccc1C. The number of hydrogen-bond donors (Lipinski definition) is 1. The zero-order valence-electron chi connectivity index (χ0n) is 11.8. The van der Waals surface area contributed by atoms with Crippen LogP contribution in [0.4, 0.5) is 5.69 Å². The molecule has 3 nitrogen and oxygen atoms in total. The summed E-state index contributed by atoms with van der Waals surface area (Å²) in [6.07, 6.45) is 0. The summed E-state index contributed by atoms with van der Waals surface area (Å²) in [4.78, 5) is 11.0. The van der Waals surface area contributed by atoms with Crippen LogP contribution in [0.3, 0.4) is 0 Å². The van der Waals surface area contributed by atoms with Crippen molar-refractivity contribution in [3.05, 3.63) is 64.2 Å². The highest BCUT2D eigenvalue weighted by molar-refractivity contribution is 6.33. The third kappa shape index (κ3) is 4.28. The molecule has 0 saturated heterocycles. The van der Waals surface area contributed by atoms with Gasteiger partial charge in [0.2, 0.25) is 0 Å². The van der Waals surface area contributed by atoms with Crippen LogP contribution in [0.15, 0.2) is 42.5 Å². The lowest BCUT2D eigenvalue weighted by molar-refractivity contribution is 0.0602. The maximum absolute atomic E-state index is 11.0. The van der Waals surface area contributed by atoms with E-state index in [0.29, 0.717) is 10.6 Å². The van der Waals surface area contributed by atoms with Gasteiger partial charge in [-0.25, -0.2) is 4.79 Å². The minimum Gasteiger partial charge on any atom is -0.465 e. The minimum atomic E-state index is -0.477. The molecule has 0 radical (unpaired) electrons. The Labute approximate surface area is 124 Å². The minimum absolute atomic E-state index is 0.256. The Morgan fingerprint density at radius 1 is 1.05 bits per heavy atom. The summed E-state index contributed by atoms with van der Waals surface area (Å²) in [6, 6.07) is 13.2. The summed E-state index contributed by atoms with van der Waals surface area (Å²) in [6.45, 7) is 4.24. The highest BCUT2D eigenvalue weighted by Gasteiger charge is 2.10. The lowest BCUT2D eigenvalue weighted by Crippen LogP contribution is -2.05. The Balaban J connectivity index is 0.000000217. The summed E-state index contributed by atoms with van der Waals surface area (Å²) >= 11 is 5.68. The Bertz CT molecular complexity index is 576. The number of carbonyl (C=O) groups excluding carboxylic acids is 1. The Morgan fingerprint density at radius 2 is 1.60 bits per heavy atom. The van der Waals surface area contributed by atoms with Gasteiger partial charge in [-0.2, -0.15) is 0 Å². The molecule has 2 N–H and O–H groups in total. The number of rotatable bonds is 1. The number of esters is 1. The molecule has 0 unspecified atom stereocenters. The van der Waals surface area contributed by atoms with Crippen LogP contribution >= 0.6 is 11.6 Å². The molecule has 0 aliphatic heterocycles. The Kier molecular flexibility index (Phi) is 6.07. The van der Waals surface area contributed by atoms with Crippen LogP contribution in [0.1, 0.15) is 21.5 Å². The number of aryl methyl sites for hydroxylation is 2. The van der Waals surface area contributed by atoms with Crippen LogP contribution in [0.2, 0.25) is 5.02 Å². The van der Waals surface area contributed by atoms with Crippen molar-refractivity contribution in [2.75, 3.05) is 12.8 Å². The third-order valence-corrected chi connectivity index (χ3v) is 3.21. The van der Waals surface area contributed by atoms with Crippen LogP contribution < -0.4 is 5.73 Å². The van der Waals surface area contributed by atoms with Gasteiger partial charge in [-0.1, -0.05) is 41.9 Å². The molecule has 0 aliphatic rings. The highest BCUT2D eigenvalue weighted by atomic mass is 35.5. The zero-order chi connectivity index (χ0) is 15.1. The molecule has 0 bridgehead atoms. The van der Waals surface area contributed by atoms with E-state index in [0.717, 1.165) is 0 Å². The summed E-state index contributed by atoms with van der Waals surface area (Å²) in [5, 5.41) is 0.359. The normalized spacial score (nSPS) is 9.40. The molecule has 0 aliphatic carbocycles. The summed E-state index contributed by atoms with van der Waals surface area (Å²) in [7, 11) is 1.29. The maximum Gasteiger partial charge on any atom is 0.340 e. The molecule has 0 atom stereocenters. The number of hydrogen-bond acceptors (Lipinski definition) is 3. The highest BCUT2D eigenvalue weighted by Crippen LogP contribution is 2.22. The van der Waals surface area contributed by atoms with Gasteiger partial charge in [0.1, 0.15) is 0 Å². The van der Waals surface area contributed by atoms with Crippen molar-refractivity contribution in [1.82, 2.24) is 0 Å². The number of carbonyl (C=O) groups is 1. The number of anilines is 1. The van der Waals surface area contributed by atoms with Crippen LogP contribution in [0.5, 0.6) is 0 Å². The van der Waals surface area contributed by atoms with E-state index < -0.39 is 5.97 Å². The van der Waals surface area contributed by atoms with Crippen molar-refractivity contribution in [2.45, 2.75) is 13.8 Å². The molecule has 0 saturated carbocycles. The molecule has 2 rings (SSSR count). The first kappa shape index (κ1) is 16.1. The average Bonchev–Trinajstić information content (AvgIpc) is 2.45. The van der Waals surface area contributed by atoms with Crippen molar-refractivity contribution in [3.8, 4) is 0 Å². The van der Waals surface area contributed by atoms with Gasteiger partial charge in [-0.3, -0.25) is 0 Å². The van der Waals surface area contributed by atoms with E-state index in [2.05, 4.69) is 42.8 Å². The van der Waals surface area contributed by atoms with Gasteiger partial charge >= 0.3 is 5.97 Å². The van der Waals surface area contributed by atoms with E-state index >= 15 is 0 Å². The first-order chi connectivity index (χ1) is 9.47. The molecule has 2 aromatic rings. The predicted molar refractivity (Wildman–Crippen MR) is 83.1 cm³/mol.